The standard InChI is InChI=1S/C33H40N2O5S/c1-5-8-11-17-40-32(39)27-26-18-21(4)33(41-26)28(27)30(37)35(24(7-3)20-36)29(33)31(38)34(16-6-2)25-15-14-22-12-9-10-13-23(22)19-25/h5-6,9-10,12-15,19,21,24,26-29,36H,1-2,7-8,11,16-18,20H2,3-4H3/t21?,24-,26+,27-,28-,29?,33?/m0/s1. The van der Waals surface area contributed by atoms with Crippen molar-refractivity contribution < 1.29 is 24.2 Å². The molecule has 1 N–H and O–H groups in total. The molecule has 218 valence electrons. The van der Waals surface area contributed by atoms with Crippen molar-refractivity contribution in [1.29, 1.82) is 0 Å². The Balaban J connectivity index is 1.57. The number of nitrogens with zero attached hydrogens (tertiary/aromatic N) is 2. The quantitative estimate of drug-likeness (QED) is 0.218. The van der Waals surface area contributed by atoms with Gasteiger partial charge in [-0.05, 0) is 54.5 Å². The molecule has 0 radical (unpaired) electrons. The van der Waals surface area contributed by atoms with Gasteiger partial charge in [-0.2, -0.15) is 0 Å². The van der Waals surface area contributed by atoms with Crippen LogP contribution in [0, 0.1) is 17.8 Å². The molecule has 7 atom stereocenters. The normalized spacial score (nSPS) is 28.9. The Labute approximate surface area is 246 Å². The predicted molar refractivity (Wildman–Crippen MR) is 164 cm³/mol. The molecule has 3 fully saturated rings. The van der Waals surface area contributed by atoms with Crippen molar-refractivity contribution >= 4 is 46.0 Å². The van der Waals surface area contributed by atoms with Crippen LogP contribution in [-0.2, 0) is 19.1 Å². The van der Waals surface area contributed by atoms with Crippen molar-refractivity contribution in [2.45, 2.75) is 61.6 Å². The van der Waals surface area contributed by atoms with Gasteiger partial charge in [0.1, 0.15) is 6.04 Å². The maximum absolute atomic E-state index is 14.8. The molecule has 0 saturated carbocycles. The van der Waals surface area contributed by atoms with Crippen molar-refractivity contribution in [3.05, 3.63) is 67.8 Å². The fourth-order valence-corrected chi connectivity index (χ4v) is 9.64. The lowest BCUT2D eigenvalue weighted by atomic mass is 9.66. The lowest BCUT2D eigenvalue weighted by Gasteiger charge is -2.42. The molecule has 3 aliphatic heterocycles. The van der Waals surface area contributed by atoms with Gasteiger partial charge in [-0.15, -0.1) is 24.9 Å². The van der Waals surface area contributed by atoms with Crippen LogP contribution < -0.4 is 4.90 Å². The van der Waals surface area contributed by atoms with Crippen molar-refractivity contribution in [3.8, 4) is 0 Å². The van der Waals surface area contributed by atoms with Crippen LogP contribution in [0.3, 0.4) is 0 Å². The number of carbonyl (C=O) groups excluding carboxylic acids is 3. The van der Waals surface area contributed by atoms with Gasteiger partial charge in [0.2, 0.25) is 5.91 Å². The summed E-state index contributed by atoms with van der Waals surface area (Å²) < 4.78 is 4.89. The van der Waals surface area contributed by atoms with Gasteiger partial charge in [0.15, 0.2) is 0 Å². The van der Waals surface area contributed by atoms with E-state index in [1.54, 1.807) is 33.7 Å². The highest BCUT2D eigenvalue weighted by Gasteiger charge is 2.77. The first-order chi connectivity index (χ1) is 19.8. The van der Waals surface area contributed by atoms with E-state index in [1.807, 2.05) is 49.4 Å². The zero-order chi connectivity index (χ0) is 29.3. The smallest absolute Gasteiger partial charge is 0.310 e. The van der Waals surface area contributed by atoms with Crippen molar-refractivity contribution in [3.63, 3.8) is 0 Å². The Kier molecular flexibility index (Phi) is 8.62. The molecule has 3 aliphatic rings. The summed E-state index contributed by atoms with van der Waals surface area (Å²) in [6, 6.07) is 12.5. The van der Waals surface area contributed by atoms with Crippen LogP contribution in [0.5, 0.6) is 0 Å². The maximum atomic E-state index is 14.8. The zero-order valence-corrected chi connectivity index (χ0v) is 24.7. The van der Waals surface area contributed by atoms with E-state index < -0.39 is 28.7 Å². The Morgan fingerprint density at radius 1 is 1.22 bits per heavy atom. The summed E-state index contributed by atoms with van der Waals surface area (Å²) in [5, 5.41) is 12.4. The molecule has 2 bridgehead atoms. The average molecular weight is 577 g/mol. The number of fused-ring (bicyclic) bond motifs is 2. The van der Waals surface area contributed by atoms with Gasteiger partial charge in [-0.3, -0.25) is 14.4 Å². The van der Waals surface area contributed by atoms with E-state index in [2.05, 4.69) is 20.1 Å². The van der Waals surface area contributed by atoms with Gasteiger partial charge in [0, 0.05) is 17.5 Å². The highest BCUT2D eigenvalue weighted by atomic mass is 32.2. The second kappa shape index (κ2) is 12.0. The fourth-order valence-electron chi connectivity index (χ4n) is 7.25. The van der Waals surface area contributed by atoms with Crippen LogP contribution in [0.1, 0.15) is 39.5 Å². The number of unbranched alkanes of at least 4 members (excludes halogenated alkanes) is 1. The number of rotatable bonds is 12. The first kappa shape index (κ1) is 29.4. The van der Waals surface area contributed by atoms with E-state index in [9.17, 15) is 19.5 Å². The summed E-state index contributed by atoms with van der Waals surface area (Å²) in [7, 11) is 0. The molecule has 3 heterocycles. The van der Waals surface area contributed by atoms with Crippen molar-refractivity contribution in [1.82, 2.24) is 4.90 Å². The molecule has 2 aromatic carbocycles. The molecule has 0 aromatic heterocycles. The lowest BCUT2D eigenvalue weighted by molar-refractivity contribution is -0.155. The molecule has 2 amide bonds. The number of esters is 1. The highest BCUT2D eigenvalue weighted by Crippen LogP contribution is 2.69. The van der Waals surface area contributed by atoms with Crippen LogP contribution in [-0.4, -0.2) is 69.6 Å². The summed E-state index contributed by atoms with van der Waals surface area (Å²) in [6.45, 7) is 11.9. The molecule has 3 unspecified atom stereocenters. The fraction of sp³-hybridized carbons (Fsp3) is 0.485. The zero-order valence-electron chi connectivity index (χ0n) is 23.9. The number of hydrogen-bond donors (Lipinski definition) is 1. The van der Waals surface area contributed by atoms with E-state index in [0.717, 1.165) is 29.3 Å². The van der Waals surface area contributed by atoms with E-state index >= 15 is 0 Å². The average Bonchev–Trinajstić information content (AvgIpc) is 3.58. The molecular formula is C33H40N2O5S. The van der Waals surface area contributed by atoms with E-state index in [0.29, 0.717) is 12.8 Å². The topological polar surface area (TPSA) is 87.1 Å². The maximum Gasteiger partial charge on any atom is 0.310 e. The van der Waals surface area contributed by atoms with Gasteiger partial charge in [0.05, 0.1) is 35.8 Å². The molecule has 7 nitrogen and oxygen atoms in total. The van der Waals surface area contributed by atoms with Crippen LogP contribution in [0.15, 0.2) is 67.8 Å². The Hall–Kier alpha value is -3.10. The van der Waals surface area contributed by atoms with Crippen molar-refractivity contribution in [2.75, 3.05) is 24.7 Å². The van der Waals surface area contributed by atoms with Gasteiger partial charge in [0.25, 0.3) is 5.91 Å². The molecule has 3 saturated heterocycles. The minimum absolute atomic E-state index is 0.0219. The Morgan fingerprint density at radius 2 is 1.98 bits per heavy atom. The molecule has 8 heteroatoms. The lowest BCUT2D eigenvalue weighted by Crippen LogP contribution is -2.59. The third kappa shape index (κ3) is 4.79. The van der Waals surface area contributed by atoms with E-state index in [4.69, 9.17) is 4.74 Å². The first-order valence-corrected chi connectivity index (χ1v) is 15.5. The van der Waals surface area contributed by atoms with Crippen LogP contribution >= 0.6 is 11.8 Å². The molecule has 5 rings (SSSR count). The second-order valence-electron chi connectivity index (χ2n) is 11.4. The number of ether oxygens (including phenoxy) is 1. The predicted octanol–water partition coefficient (Wildman–Crippen LogP) is 4.98. The summed E-state index contributed by atoms with van der Waals surface area (Å²) in [5.41, 5.74) is 0.723. The number of likely N-dealkylation sites (tertiary alicyclic amines) is 1. The number of benzene rings is 2. The van der Waals surface area contributed by atoms with Gasteiger partial charge >= 0.3 is 5.97 Å². The highest BCUT2D eigenvalue weighted by molar-refractivity contribution is 8.02. The summed E-state index contributed by atoms with van der Waals surface area (Å²) >= 11 is 1.62. The molecular weight excluding hydrogens is 536 g/mol. The number of thioether (sulfide) groups is 1. The number of aliphatic hydroxyl groups is 1. The van der Waals surface area contributed by atoms with Crippen LogP contribution in [0.25, 0.3) is 10.8 Å². The molecule has 1 spiro atoms. The monoisotopic (exact) mass is 576 g/mol. The largest absolute Gasteiger partial charge is 0.465 e. The molecule has 2 aromatic rings. The summed E-state index contributed by atoms with van der Waals surface area (Å²) in [4.78, 5) is 46.0. The number of aliphatic hydroxyl groups excluding tert-OH is 1. The van der Waals surface area contributed by atoms with Gasteiger partial charge in [-0.1, -0.05) is 56.3 Å². The number of hydrogen-bond acceptors (Lipinski definition) is 6. The Morgan fingerprint density at radius 3 is 2.66 bits per heavy atom. The third-order valence-electron chi connectivity index (χ3n) is 9.18. The number of allylic oxidation sites excluding steroid dienone is 1. The number of anilines is 1. The first-order valence-electron chi connectivity index (χ1n) is 14.6. The number of carbonyl (C=O) groups is 3. The van der Waals surface area contributed by atoms with Crippen LogP contribution in [0.2, 0.25) is 0 Å². The van der Waals surface area contributed by atoms with E-state index in [-0.39, 0.29) is 48.7 Å². The van der Waals surface area contributed by atoms with Crippen LogP contribution in [0.4, 0.5) is 5.69 Å². The second-order valence-corrected chi connectivity index (χ2v) is 13.0. The van der Waals surface area contributed by atoms with Gasteiger partial charge in [-0.25, -0.2) is 0 Å². The molecule has 41 heavy (non-hydrogen) atoms. The minimum atomic E-state index is -0.827. The SMILES string of the molecule is C=CCCCOC(=O)[C@@H]1[C@H]2C(=O)N([C@@H](CC)CO)C(C(=O)N(CC=C)c3ccc4ccccc4c3)C23S[C@@H]1CC3C. The summed E-state index contributed by atoms with van der Waals surface area (Å²) in [5.74, 6) is -2.06. The molecule has 0 aliphatic carbocycles. The summed E-state index contributed by atoms with van der Waals surface area (Å²) in [6.07, 6.45) is 6.12. The van der Waals surface area contributed by atoms with Gasteiger partial charge < -0.3 is 19.6 Å². The van der Waals surface area contributed by atoms with E-state index in [1.165, 1.54) is 0 Å². The van der Waals surface area contributed by atoms with Crippen molar-refractivity contribution in [2.24, 2.45) is 17.8 Å². The third-order valence-corrected chi connectivity index (χ3v) is 11.3. The minimum Gasteiger partial charge on any atom is -0.465 e. The Bertz CT molecular complexity index is 1340. The number of amides is 2.